The van der Waals surface area contributed by atoms with E-state index in [-0.39, 0.29) is 0 Å². The van der Waals surface area contributed by atoms with Crippen LogP contribution in [0.15, 0.2) is 17.0 Å². The molecule has 0 atom stereocenters. The number of carboxylic acid groups (broad SMARTS) is 1. The summed E-state index contributed by atoms with van der Waals surface area (Å²) in [6.45, 7) is 0. The Balaban J connectivity index is 4.13. The fourth-order valence-corrected chi connectivity index (χ4v) is 0.156. The molecular formula is C3H5N3O2. The lowest BCUT2D eigenvalue weighted by atomic mass is 10.5. The normalized spacial score (nSPS) is 10.8. The molecule has 0 heterocycles. The molecule has 0 fully saturated rings. The molecule has 8 heavy (non-hydrogen) atoms. The maximum Gasteiger partial charge on any atom is 0.357 e. The first kappa shape index (κ1) is 6.61. The number of aliphatic carboxylic acids is 1. The Kier molecular flexibility index (Phi) is 2.25. The number of nitrogens with two attached hydrogens (primary N) is 1. The summed E-state index contributed by atoms with van der Waals surface area (Å²) in [6, 6.07) is 0. The third kappa shape index (κ3) is 1.38. The zero-order valence-corrected chi connectivity index (χ0v) is 3.96. The smallest absolute Gasteiger partial charge is 0.357 e. The molecule has 0 aliphatic carbocycles. The molecule has 0 aromatic carbocycles. The highest BCUT2D eigenvalue weighted by molar-refractivity contribution is 5.85. The lowest BCUT2D eigenvalue weighted by Gasteiger charge is -1.84. The second-order valence-corrected chi connectivity index (χ2v) is 0.969. The van der Waals surface area contributed by atoms with E-state index in [2.05, 4.69) is 5.11 Å². The van der Waals surface area contributed by atoms with Gasteiger partial charge in [0.15, 0.2) is 5.70 Å². The highest BCUT2D eigenvalue weighted by Crippen LogP contribution is 1.90. The van der Waals surface area contributed by atoms with Gasteiger partial charge in [-0.05, 0) is 0 Å². The van der Waals surface area contributed by atoms with Crippen molar-refractivity contribution in [3.63, 3.8) is 0 Å². The molecule has 0 saturated heterocycles. The molecule has 5 nitrogen and oxygen atoms in total. The van der Waals surface area contributed by atoms with Crippen molar-refractivity contribution in [2.75, 3.05) is 0 Å². The van der Waals surface area contributed by atoms with Crippen molar-refractivity contribution in [2.24, 2.45) is 10.8 Å². The van der Waals surface area contributed by atoms with Crippen LogP contribution in [-0.2, 0) is 4.79 Å². The molecule has 0 aliphatic rings. The van der Waals surface area contributed by atoms with Crippen LogP contribution in [0.3, 0.4) is 0 Å². The summed E-state index contributed by atoms with van der Waals surface area (Å²) in [4.78, 5) is 9.80. The summed E-state index contributed by atoms with van der Waals surface area (Å²) in [6.07, 6.45) is 0.759. The molecule has 0 rings (SSSR count). The van der Waals surface area contributed by atoms with E-state index in [0.29, 0.717) is 0 Å². The maximum absolute atomic E-state index is 9.80. The Morgan fingerprint density at radius 2 is 2.38 bits per heavy atom. The van der Waals surface area contributed by atoms with Gasteiger partial charge in [0.05, 0.1) is 0 Å². The summed E-state index contributed by atoms with van der Waals surface area (Å²) in [5, 5.41) is 10.6. The number of rotatable bonds is 2. The second kappa shape index (κ2) is 2.73. The van der Waals surface area contributed by atoms with Crippen molar-refractivity contribution in [3.8, 4) is 0 Å². The van der Waals surface area contributed by atoms with Gasteiger partial charge in [0, 0.05) is 6.20 Å². The van der Waals surface area contributed by atoms with E-state index in [1.165, 1.54) is 0 Å². The fourth-order valence-electron chi connectivity index (χ4n) is 0.156. The van der Waals surface area contributed by atoms with Gasteiger partial charge in [0.1, 0.15) is 0 Å². The largest absolute Gasteiger partial charge is 0.476 e. The molecule has 44 valence electrons. The van der Waals surface area contributed by atoms with Gasteiger partial charge in [0.25, 0.3) is 0 Å². The molecule has 0 radical (unpaired) electrons. The quantitative estimate of drug-likeness (QED) is 0.346. The first-order chi connectivity index (χ1) is 3.72. The van der Waals surface area contributed by atoms with E-state index in [1.54, 1.807) is 0 Å². The predicted molar refractivity (Wildman–Crippen MR) is 25.1 cm³/mol. The topological polar surface area (TPSA) is 99.5 Å². The number of nitrogens with one attached hydrogen (secondary N) is 1. The molecule has 4 N–H and O–H groups in total. The van der Waals surface area contributed by atoms with Gasteiger partial charge in [-0.25, -0.2) is 10.3 Å². The van der Waals surface area contributed by atoms with Crippen molar-refractivity contribution in [1.82, 2.24) is 0 Å². The zero-order valence-electron chi connectivity index (χ0n) is 3.96. The van der Waals surface area contributed by atoms with E-state index in [1.807, 2.05) is 0 Å². The van der Waals surface area contributed by atoms with E-state index < -0.39 is 11.7 Å². The van der Waals surface area contributed by atoms with Crippen molar-refractivity contribution in [1.29, 1.82) is 5.53 Å². The van der Waals surface area contributed by atoms with E-state index in [4.69, 9.17) is 16.4 Å². The molecule has 0 unspecified atom stereocenters. The third-order valence-electron chi connectivity index (χ3n) is 0.497. The number of carboxylic acids is 1. The van der Waals surface area contributed by atoms with E-state index in [9.17, 15) is 4.79 Å². The molecule has 0 aromatic rings. The third-order valence-corrected chi connectivity index (χ3v) is 0.497. The minimum Gasteiger partial charge on any atom is -0.476 e. The summed E-state index contributed by atoms with van der Waals surface area (Å²) >= 11 is 0. The van der Waals surface area contributed by atoms with Gasteiger partial charge in [0.2, 0.25) is 0 Å². The molecule has 0 bridgehead atoms. The fraction of sp³-hybridized carbons (Fsp3) is 0. The summed E-state index contributed by atoms with van der Waals surface area (Å²) < 4.78 is 0. The van der Waals surface area contributed by atoms with Crippen LogP contribution in [-0.4, -0.2) is 11.1 Å². The van der Waals surface area contributed by atoms with Gasteiger partial charge in [-0.3, -0.25) is 0 Å². The van der Waals surface area contributed by atoms with Crippen molar-refractivity contribution in [2.45, 2.75) is 0 Å². The van der Waals surface area contributed by atoms with E-state index in [0.717, 1.165) is 6.20 Å². The van der Waals surface area contributed by atoms with E-state index >= 15 is 0 Å². The minimum atomic E-state index is -1.29. The molecular weight excluding hydrogens is 110 g/mol. The van der Waals surface area contributed by atoms with Gasteiger partial charge in [-0.2, -0.15) is 0 Å². The number of carbonyl (C=O) groups is 1. The summed E-state index contributed by atoms with van der Waals surface area (Å²) in [5.74, 6) is -1.29. The molecule has 0 spiro atoms. The van der Waals surface area contributed by atoms with Crippen LogP contribution in [0.2, 0.25) is 0 Å². The van der Waals surface area contributed by atoms with Gasteiger partial charge in [-0.1, -0.05) is 0 Å². The lowest BCUT2D eigenvalue weighted by Crippen LogP contribution is -1.99. The average Bonchev–Trinajstić information content (AvgIpc) is 1.69. The van der Waals surface area contributed by atoms with Gasteiger partial charge in [-0.15, -0.1) is 5.11 Å². The molecule has 0 aromatic heterocycles. The second-order valence-electron chi connectivity index (χ2n) is 0.969. The Morgan fingerprint density at radius 3 is 2.38 bits per heavy atom. The van der Waals surface area contributed by atoms with Gasteiger partial charge >= 0.3 is 5.97 Å². The highest BCUT2D eigenvalue weighted by Gasteiger charge is 2.01. The Labute approximate surface area is 45.3 Å². The number of nitrogens with zero attached hydrogens (tertiary/aromatic N) is 1. The van der Waals surface area contributed by atoms with Crippen molar-refractivity contribution in [3.05, 3.63) is 11.9 Å². The first-order valence-electron chi connectivity index (χ1n) is 1.75. The zero-order chi connectivity index (χ0) is 6.57. The Bertz CT molecular complexity index is 139. The monoisotopic (exact) mass is 115 g/mol. The molecule has 0 amide bonds. The van der Waals surface area contributed by atoms with Crippen LogP contribution in [0, 0.1) is 5.53 Å². The van der Waals surface area contributed by atoms with Crippen LogP contribution in [0.1, 0.15) is 0 Å². The maximum atomic E-state index is 9.80. The standard InChI is InChI=1S/C3H5N3O2/c4-1-2(6-5)3(7)8/h1,5H,4H2,(H,7,8)/b2-1-,6-5?. The van der Waals surface area contributed by atoms with Crippen LogP contribution in [0.25, 0.3) is 0 Å². The predicted octanol–water partition coefficient (Wildman–Crippen LogP) is -0.0979. The minimum absolute atomic E-state index is 0.454. The van der Waals surface area contributed by atoms with Crippen LogP contribution < -0.4 is 5.73 Å². The van der Waals surface area contributed by atoms with Gasteiger partial charge < -0.3 is 10.8 Å². The first-order valence-corrected chi connectivity index (χ1v) is 1.75. The lowest BCUT2D eigenvalue weighted by molar-refractivity contribution is -0.132. The highest BCUT2D eigenvalue weighted by atomic mass is 16.4. The number of hydrogen-bond acceptors (Lipinski definition) is 4. The average molecular weight is 115 g/mol. The Morgan fingerprint density at radius 1 is 1.88 bits per heavy atom. The van der Waals surface area contributed by atoms with Crippen LogP contribution in [0.4, 0.5) is 0 Å². The molecule has 0 saturated carbocycles. The number of hydrogen-bond donors (Lipinski definition) is 3. The summed E-state index contributed by atoms with van der Waals surface area (Å²) in [7, 11) is 0. The van der Waals surface area contributed by atoms with Crippen molar-refractivity contribution < 1.29 is 9.90 Å². The Hall–Kier alpha value is -1.39. The summed E-state index contributed by atoms with van der Waals surface area (Å²) in [5.41, 5.74) is 10.5. The van der Waals surface area contributed by atoms with Crippen molar-refractivity contribution >= 4 is 5.97 Å². The SMILES string of the molecule is N=N/C(=C\N)C(=O)O. The van der Waals surface area contributed by atoms with Crippen LogP contribution in [0.5, 0.6) is 0 Å². The van der Waals surface area contributed by atoms with Crippen LogP contribution >= 0.6 is 0 Å². The molecule has 5 heteroatoms. The molecule has 0 aliphatic heterocycles.